The highest BCUT2D eigenvalue weighted by molar-refractivity contribution is 6.43. The Labute approximate surface area is 149 Å². The van der Waals surface area contributed by atoms with Gasteiger partial charge in [0.2, 0.25) is 0 Å². The molecule has 1 unspecified atom stereocenters. The Bertz CT molecular complexity index is 710. The zero-order valence-corrected chi connectivity index (χ0v) is 14.8. The van der Waals surface area contributed by atoms with E-state index in [0.29, 0.717) is 19.5 Å². The molecule has 1 aliphatic rings. The van der Waals surface area contributed by atoms with Gasteiger partial charge in [-0.25, -0.2) is 0 Å². The molecule has 1 N–H and O–H groups in total. The number of hydrogen-bond acceptors (Lipinski definition) is 5. The van der Waals surface area contributed by atoms with Crippen LogP contribution in [0, 0.1) is 0 Å². The van der Waals surface area contributed by atoms with E-state index in [-0.39, 0.29) is 5.92 Å². The van der Waals surface area contributed by atoms with Crippen molar-refractivity contribution >= 4 is 7.12 Å². The summed E-state index contributed by atoms with van der Waals surface area (Å²) in [5.41, 5.74) is 2.87. The molecule has 6 heteroatoms. The Balaban J connectivity index is 1.87. The zero-order valence-electron chi connectivity index (χ0n) is 14.8. The second kappa shape index (κ2) is 8.36. The van der Waals surface area contributed by atoms with Crippen molar-refractivity contribution in [2.24, 2.45) is 0 Å². The monoisotopic (exact) mass is 341 g/mol. The van der Waals surface area contributed by atoms with Crippen molar-refractivity contribution < 1.29 is 19.2 Å². The van der Waals surface area contributed by atoms with Crippen molar-refractivity contribution in [1.82, 2.24) is 4.98 Å². The number of rotatable bonds is 6. The Morgan fingerprint density at radius 3 is 2.92 bits per heavy atom. The Morgan fingerprint density at radius 2 is 2.16 bits per heavy atom. The van der Waals surface area contributed by atoms with E-state index in [1.807, 2.05) is 36.4 Å². The maximum atomic E-state index is 9.72. The van der Waals surface area contributed by atoms with E-state index in [2.05, 4.69) is 6.92 Å². The molecular formula is C19H24BNO4. The fourth-order valence-corrected chi connectivity index (χ4v) is 3.04. The smallest absolute Gasteiger partial charge is 0.454 e. The molecular weight excluding hydrogens is 317 g/mol. The average molecular weight is 341 g/mol. The first-order valence-electron chi connectivity index (χ1n) is 8.79. The third kappa shape index (κ3) is 4.33. The average Bonchev–Trinajstić information content (AvgIpc) is 2.66. The van der Waals surface area contributed by atoms with Crippen LogP contribution in [-0.2, 0) is 4.65 Å². The largest absolute Gasteiger partial charge is 0.493 e. The van der Waals surface area contributed by atoms with Crippen LogP contribution in [0.2, 0.25) is 6.32 Å². The van der Waals surface area contributed by atoms with Crippen LogP contribution in [0.4, 0.5) is 0 Å². The van der Waals surface area contributed by atoms with E-state index < -0.39 is 7.12 Å². The van der Waals surface area contributed by atoms with E-state index in [4.69, 9.17) is 19.1 Å². The van der Waals surface area contributed by atoms with Gasteiger partial charge in [-0.3, -0.25) is 4.98 Å². The second-order valence-electron chi connectivity index (χ2n) is 6.21. The Hall–Kier alpha value is -2.05. The van der Waals surface area contributed by atoms with Crippen molar-refractivity contribution in [3.8, 4) is 22.8 Å². The van der Waals surface area contributed by atoms with Crippen molar-refractivity contribution in [2.75, 3.05) is 20.3 Å². The maximum absolute atomic E-state index is 9.72. The van der Waals surface area contributed by atoms with Crippen molar-refractivity contribution in [2.45, 2.75) is 32.0 Å². The molecule has 0 radical (unpaired) electrons. The summed E-state index contributed by atoms with van der Waals surface area (Å²) in [4.78, 5) is 4.81. The Morgan fingerprint density at radius 1 is 1.28 bits per heavy atom. The SMILES string of the molecule is CCCOc1cc(-c2cccc(C3CCOB(O)C3)n2)ccc1OC. The van der Waals surface area contributed by atoms with Gasteiger partial charge in [0.05, 0.1) is 19.4 Å². The molecule has 0 spiro atoms. The first-order chi connectivity index (χ1) is 12.2. The minimum Gasteiger partial charge on any atom is -0.493 e. The highest BCUT2D eigenvalue weighted by atomic mass is 16.5. The third-order valence-corrected chi connectivity index (χ3v) is 4.37. The van der Waals surface area contributed by atoms with Gasteiger partial charge < -0.3 is 19.2 Å². The lowest BCUT2D eigenvalue weighted by Gasteiger charge is -2.23. The van der Waals surface area contributed by atoms with Crippen molar-refractivity contribution in [1.29, 1.82) is 0 Å². The third-order valence-electron chi connectivity index (χ3n) is 4.37. The molecule has 1 aromatic heterocycles. The number of methoxy groups -OCH3 is 1. The molecule has 1 aromatic carbocycles. The van der Waals surface area contributed by atoms with Gasteiger partial charge in [0, 0.05) is 23.8 Å². The molecule has 5 nitrogen and oxygen atoms in total. The summed E-state index contributed by atoms with van der Waals surface area (Å²) in [5.74, 6) is 1.68. The first-order valence-corrected chi connectivity index (χ1v) is 8.79. The molecule has 0 saturated carbocycles. The van der Waals surface area contributed by atoms with Gasteiger partial charge in [0.25, 0.3) is 0 Å². The van der Waals surface area contributed by atoms with Gasteiger partial charge in [-0.15, -0.1) is 0 Å². The normalized spacial score (nSPS) is 17.4. The van der Waals surface area contributed by atoms with Gasteiger partial charge in [0.15, 0.2) is 11.5 Å². The molecule has 25 heavy (non-hydrogen) atoms. The molecule has 2 heterocycles. The van der Waals surface area contributed by atoms with E-state index in [1.54, 1.807) is 7.11 Å². The summed E-state index contributed by atoms with van der Waals surface area (Å²) in [6, 6.07) is 11.9. The minimum absolute atomic E-state index is 0.220. The van der Waals surface area contributed by atoms with Crippen LogP contribution in [-0.4, -0.2) is 37.4 Å². The van der Waals surface area contributed by atoms with Gasteiger partial charge in [-0.1, -0.05) is 13.0 Å². The molecule has 1 fully saturated rings. The molecule has 0 bridgehead atoms. The summed E-state index contributed by atoms with van der Waals surface area (Å²) >= 11 is 0. The van der Waals surface area contributed by atoms with Crippen molar-refractivity contribution in [3.05, 3.63) is 42.1 Å². The van der Waals surface area contributed by atoms with E-state index >= 15 is 0 Å². The predicted molar refractivity (Wildman–Crippen MR) is 98.1 cm³/mol. The van der Waals surface area contributed by atoms with Gasteiger partial charge >= 0.3 is 7.12 Å². The van der Waals surface area contributed by atoms with Crippen LogP contribution in [0.3, 0.4) is 0 Å². The fourth-order valence-electron chi connectivity index (χ4n) is 3.04. The van der Waals surface area contributed by atoms with Crippen LogP contribution >= 0.6 is 0 Å². The number of hydrogen-bond donors (Lipinski definition) is 1. The lowest BCUT2D eigenvalue weighted by molar-refractivity contribution is 0.218. The highest BCUT2D eigenvalue weighted by Crippen LogP contribution is 2.33. The van der Waals surface area contributed by atoms with Crippen LogP contribution in [0.1, 0.15) is 31.4 Å². The topological polar surface area (TPSA) is 60.8 Å². The van der Waals surface area contributed by atoms with Crippen LogP contribution in [0.25, 0.3) is 11.3 Å². The van der Waals surface area contributed by atoms with Gasteiger partial charge in [-0.2, -0.15) is 0 Å². The van der Waals surface area contributed by atoms with Crippen molar-refractivity contribution in [3.63, 3.8) is 0 Å². The van der Waals surface area contributed by atoms with Crippen LogP contribution in [0.5, 0.6) is 11.5 Å². The zero-order chi connectivity index (χ0) is 17.6. The van der Waals surface area contributed by atoms with Crippen LogP contribution < -0.4 is 9.47 Å². The van der Waals surface area contributed by atoms with E-state index in [0.717, 1.165) is 41.3 Å². The first kappa shape index (κ1) is 17.8. The summed E-state index contributed by atoms with van der Waals surface area (Å²) < 4.78 is 16.4. The second-order valence-corrected chi connectivity index (χ2v) is 6.21. The molecule has 132 valence electrons. The minimum atomic E-state index is -0.695. The molecule has 3 rings (SSSR count). The molecule has 1 aliphatic heterocycles. The number of aromatic nitrogens is 1. The van der Waals surface area contributed by atoms with Crippen LogP contribution in [0.15, 0.2) is 36.4 Å². The number of benzene rings is 1. The summed E-state index contributed by atoms with van der Waals surface area (Å²) in [6.07, 6.45) is 2.40. The quantitative estimate of drug-likeness (QED) is 0.815. The number of pyridine rings is 1. The summed E-state index contributed by atoms with van der Waals surface area (Å²) in [5, 5.41) is 9.72. The summed E-state index contributed by atoms with van der Waals surface area (Å²) in [7, 11) is 0.947. The Kier molecular flexibility index (Phi) is 5.94. The lowest BCUT2D eigenvalue weighted by atomic mass is 9.73. The number of nitrogens with zero attached hydrogens (tertiary/aromatic N) is 1. The molecule has 0 amide bonds. The maximum Gasteiger partial charge on any atom is 0.454 e. The van der Waals surface area contributed by atoms with E-state index in [1.165, 1.54) is 0 Å². The molecule has 0 aliphatic carbocycles. The van der Waals surface area contributed by atoms with Gasteiger partial charge in [-0.05, 0) is 49.5 Å². The lowest BCUT2D eigenvalue weighted by Crippen LogP contribution is -2.28. The predicted octanol–water partition coefficient (Wildman–Crippen LogP) is 3.53. The summed E-state index contributed by atoms with van der Waals surface area (Å²) in [6.45, 7) is 3.28. The molecule has 2 aromatic rings. The number of ether oxygens (including phenoxy) is 2. The molecule has 1 atom stereocenters. The fraction of sp³-hybridized carbons (Fsp3) is 0.421. The molecule has 1 saturated heterocycles. The standard InChI is InChI=1S/C19H24BNO4/c1-3-10-24-19-12-14(7-8-18(19)23-2)16-5-4-6-17(21-16)15-9-11-25-20(22)13-15/h4-8,12,15,22H,3,9-11,13H2,1-2H3. The van der Waals surface area contributed by atoms with E-state index in [9.17, 15) is 5.02 Å². The highest BCUT2D eigenvalue weighted by Gasteiger charge is 2.27. The van der Waals surface area contributed by atoms with Gasteiger partial charge in [0.1, 0.15) is 0 Å².